The molecular weight excluding hydrogens is 304 g/mol. The Hall–Kier alpha value is -0.580. The van der Waals surface area contributed by atoms with Crippen molar-refractivity contribution in [2.45, 2.75) is 13.0 Å². The third-order valence-electron chi connectivity index (χ3n) is 2.75. The molecule has 94 valence electrons. The highest BCUT2D eigenvalue weighted by Gasteiger charge is 2.21. The van der Waals surface area contributed by atoms with E-state index >= 15 is 0 Å². The minimum absolute atomic E-state index is 0. The van der Waals surface area contributed by atoms with Crippen molar-refractivity contribution in [1.29, 1.82) is 0 Å². The van der Waals surface area contributed by atoms with Gasteiger partial charge in [-0.1, -0.05) is 15.9 Å². The van der Waals surface area contributed by atoms with Crippen LogP contribution < -0.4 is 5.32 Å². The first-order chi connectivity index (χ1) is 7.66. The van der Waals surface area contributed by atoms with E-state index in [1.165, 1.54) is 0 Å². The van der Waals surface area contributed by atoms with Gasteiger partial charge in [-0.05, 0) is 31.2 Å². The molecule has 5 heteroatoms. The molecule has 0 radical (unpaired) electrons. The molecular formula is C12H16BrClN2O. The lowest BCUT2D eigenvalue weighted by Gasteiger charge is -2.31. The van der Waals surface area contributed by atoms with Crippen LogP contribution in [0.5, 0.6) is 0 Å². The number of halogens is 2. The van der Waals surface area contributed by atoms with Gasteiger partial charge in [-0.3, -0.25) is 4.79 Å². The van der Waals surface area contributed by atoms with Gasteiger partial charge in [0.2, 0.25) is 0 Å². The van der Waals surface area contributed by atoms with E-state index in [0.717, 1.165) is 29.7 Å². The molecule has 0 aromatic heterocycles. The SMILES string of the molecule is C[C@@H]1CN(C(=O)c2ccc(Br)cc2)CCN1.Cl. The fraction of sp³-hybridized carbons (Fsp3) is 0.417. The van der Waals surface area contributed by atoms with E-state index in [4.69, 9.17) is 0 Å². The maximum atomic E-state index is 12.1. The summed E-state index contributed by atoms with van der Waals surface area (Å²) in [6.07, 6.45) is 0. The fourth-order valence-corrected chi connectivity index (χ4v) is 2.16. The van der Waals surface area contributed by atoms with Crippen molar-refractivity contribution in [3.8, 4) is 0 Å². The Morgan fingerprint density at radius 3 is 2.65 bits per heavy atom. The van der Waals surface area contributed by atoms with E-state index < -0.39 is 0 Å². The summed E-state index contributed by atoms with van der Waals surface area (Å²) < 4.78 is 0.998. The Labute approximate surface area is 116 Å². The number of carbonyl (C=O) groups excluding carboxylic acids is 1. The molecule has 1 saturated heterocycles. The molecule has 0 unspecified atom stereocenters. The highest BCUT2D eigenvalue weighted by atomic mass is 79.9. The summed E-state index contributed by atoms with van der Waals surface area (Å²) in [5.74, 6) is 0.126. The van der Waals surface area contributed by atoms with Crippen LogP contribution in [0.1, 0.15) is 17.3 Å². The molecule has 1 amide bonds. The van der Waals surface area contributed by atoms with Crippen molar-refractivity contribution in [1.82, 2.24) is 10.2 Å². The molecule has 1 N–H and O–H groups in total. The van der Waals surface area contributed by atoms with Gasteiger partial charge in [0.15, 0.2) is 0 Å². The monoisotopic (exact) mass is 318 g/mol. The first kappa shape index (κ1) is 14.5. The minimum Gasteiger partial charge on any atom is -0.336 e. The summed E-state index contributed by atoms with van der Waals surface area (Å²) in [6.45, 7) is 4.55. The number of amides is 1. The number of benzene rings is 1. The summed E-state index contributed by atoms with van der Waals surface area (Å²) in [6, 6.07) is 7.91. The average molecular weight is 320 g/mol. The molecule has 1 aliphatic heterocycles. The number of hydrogen-bond donors (Lipinski definition) is 1. The average Bonchev–Trinajstić information content (AvgIpc) is 2.29. The quantitative estimate of drug-likeness (QED) is 0.861. The summed E-state index contributed by atoms with van der Waals surface area (Å²) >= 11 is 3.37. The van der Waals surface area contributed by atoms with Gasteiger partial charge in [0, 0.05) is 35.7 Å². The van der Waals surface area contributed by atoms with Crippen LogP contribution in [0, 0.1) is 0 Å². The van der Waals surface area contributed by atoms with E-state index in [9.17, 15) is 4.79 Å². The molecule has 0 saturated carbocycles. The number of nitrogens with one attached hydrogen (secondary N) is 1. The van der Waals surface area contributed by atoms with Crippen molar-refractivity contribution in [3.63, 3.8) is 0 Å². The van der Waals surface area contributed by atoms with Crippen LogP contribution in [0.15, 0.2) is 28.7 Å². The van der Waals surface area contributed by atoms with Gasteiger partial charge < -0.3 is 10.2 Å². The Bertz CT molecular complexity index is 383. The summed E-state index contributed by atoms with van der Waals surface area (Å²) in [7, 11) is 0. The first-order valence-electron chi connectivity index (χ1n) is 5.45. The minimum atomic E-state index is 0. The number of rotatable bonds is 1. The van der Waals surface area contributed by atoms with E-state index in [2.05, 4.69) is 28.2 Å². The van der Waals surface area contributed by atoms with Crippen molar-refractivity contribution in [2.24, 2.45) is 0 Å². The van der Waals surface area contributed by atoms with Crippen LogP contribution in [0.3, 0.4) is 0 Å². The van der Waals surface area contributed by atoms with Crippen LogP contribution in [-0.2, 0) is 0 Å². The molecule has 17 heavy (non-hydrogen) atoms. The maximum absolute atomic E-state index is 12.1. The predicted octanol–water partition coefficient (Wildman–Crippen LogP) is 2.30. The molecule has 0 aliphatic carbocycles. The molecule has 0 bridgehead atoms. The zero-order valence-electron chi connectivity index (χ0n) is 9.65. The van der Waals surface area contributed by atoms with Crippen LogP contribution in [0.4, 0.5) is 0 Å². The smallest absolute Gasteiger partial charge is 0.253 e. The maximum Gasteiger partial charge on any atom is 0.253 e. The van der Waals surface area contributed by atoms with Gasteiger partial charge in [-0.2, -0.15) is 0 Å². The first-order valence-corrected chi connectivity index (χ1v) is 6.24. The topological polar surface area (TPSA) is 32.3 Å². The normalized spacial score (nSPS) is 19.6. The lowest BCUT2D eigenvalue weighted by atomic mass is 10.1. The molecule has 1 aromatic carbocycles. The fourth-order valence-electron chi connectivity index (χ4n) is 1.89. The molecule has 1 aromatic rings. The van der Waals surface area contributed by atoms with Gasteiger partial charge in [0.25, 0.3) is 5.91 Å². The summed E-state index contributed by atoms with van der Waals surface area (Å²) in [4.78, 5) is 14.0. The van der Waals surface area contributed by atoms with Crippen molar-refractivity contribution in [3.05, 3.63) is 34.3 Å². The third kappa shape index (κ3) is 3.69. The largest absolute Gasteiger partial charge is 0.336 e. The zero-order valence-corrected chi connectivity index (χ0v) is 12.1. The molecule has 1 fully saturated rings. The Balaban J connectivity index is 0.00000144. The summed E-state index contributed by atoms with van der Waals surface area (Å²) in [5, 5.41) is 3.33. The van der Waals surface area contributed by atoms with Gasteiger partial charge in [-0.15, -0.1) is 12.4 Å². The van der Waals surface area contributed by atoms with Crippen LogP contribution in [-0.4, -0.2) is 36.5 Å². The zero-order chi connectivity index (χ0) is 11.5. The van der Waals surface area contributed by atoms with Crippen LogP contribution in [0.2, 0.25) is 0 Å². The Morgan fingerprint density at radius 1 is 1.41 bits per heavy atom. The Kier molecular flexibility index (Phi) is 5.43. The van der Waals surface area contributed by atoms with E-state index in [-0.39, 0.29) is 18.3 Å². The van der Waals surface area contributed by atoms with Gasteiger partial charge in [-0.25, -0.2) is 0 Å². The van der Waals surface area contributed by atoms with Gasteiger partial charge in [0.05, 0.1) is 0 Å². The molecule has 1 atom stereocenters. The number of nitrogens with zero attached hydrogens (tertiary/aromatic N) is 1. The standard InChI is InChI=1S/C12H15BrN2O.ClH/c1-9-8-15(7-6-14-9)12(16)10-2-4-11(13)5-3-10;/h2-5,9,14H,6-8H2,1H3;1H/t9-;/m1./s1. The van der Waals surface area contributed by atoms with Crippen molar-refractivity contribution >= 4 is 34.2 Å². The van der Waals surface area contributed by atoms with Gasteiger partial charge >= 0.3 is 0 Å². The second-order valence-corrected chi connectivity index (χ2v) is 5.03. The van der Waals surface area contributed by atoms with E-state index in [1.807, 2.05) is 29.2 Å². The Morgan fingerprint density at radius 2 is 2.06 bits per heavy atom. The highest BCUT2D eigenvalue weighted by Crippen LogP contribution is 2.13. The predicted molar refractivity (Wildman–Crippen MR) is 74.8 cm³/mol. The lowest BCUT2D eigenvalue weighted by Crippen LogP contribution is -2.51. The number of hydrogen-bond acceptors (Lipinski definition) is 2. The van der Waals surface area contributed by atoms with Gasteiger partial charge in [0.1, 0.15) is 0 Å². The van der Waals surface area contributed by atoms with Crippen LogP contribution >= 0.6 is 28.3 Å². The molecule has 1 heterocycles. The van der Waals surface area contributed by atoms with Crippen molar-refractivity contribution < 1.29 is 4.79 Å². The van der Waals surface area contributed by atoms with E-state index in [0.29, 0.717) is 6.04 Å². The molecule has 0 spiro atoms. The molecule has 3 nitrogen and oxygen atoms in total. The summed E-state index contributed by atoms with van der Waals surface area (Å²) in [5.41, 5.74) is 0.761. The van der Waals surface area contributed by atoms with Crippen LogP contribution in [0.25, 0.3) is 0 Å². The van der Waals surface area contributed by atoms with Crippen molar-refractivity contribution in [2.75, 3.05) is 19.6 Å². The second-order valence-electron chi connectivity index (χ2n) is 4.11. The molecule has 1 aliphatic rings. The third-order valence-corrected chi connectivity index (χ3v) is 3.28. The highest BCUT2D eigenvalue weighted by molar-refractivity contribution is 9.10. The van der Waals surface area contributed by atoms with E-state index in [1.54, 1.807) is 0 Å². The number of carbonyl (C=O) groups is 1. The second kappa shape index (κ2) is 6.38. The molecule has 2 rings (SSSR count). The lowest BCUT2D eigenvalue weighted by molar-refractivity contribution is 0.0709. The number of piperazine rings is 1.